The van der Waals surface area contributed by atoms with Gasteiger partial charge in [0.15, 0.2) is 23.5 Å². The highest BCUT2D eigenvalue weighted by Gasteiger charge is 2.58. The molecule has 2 aliphatic carbocycles. The lowest BCUT2D eigenvalue weighted by Gasteiger charge is -2.49. The summed E-state index contributed by atoms with van der Waals surface area (Å²) >= 11 is 0. The highest BCUT2D eigenvalue weighted by molar-refractivity contribution is 6.16. The number of H-pyrrole nitrogens is 1. The Morgan fingerprint density at radius 2 is 1.96 bits per heavy atom. The number of ether oxygens (including phenoxy) is 4. The lowest BCUT2D eigenvalue weighted by molar-refractivity contribution is -0.302. The Morgan fingerprint density at radius 1 is 1.20 bits per heavy atom. The topological polar surface area (TPSA) is 190 Å². The van der Waals surface area contributed by atoms with E-state index in [1.165, 1.54) is 31.5 Å². The smallest absolute Gasteiger partial charge is 0.411 e. The molecule has 5 unspecified atom stereocenters. The average Bonchev–Trinajstić information content (AvgIpc) is 3.48. The number of aromatic nitrogens is 2. The Balaban J connectivity index is 1.41. The van der Waals surface area contributed by atoms with Crippen molar-refractivity contribution >= 4 is 39.5 Å². The minimum Gasteiger partial charge on any atom is -0.508 e. The molecule has 1 saturated heterocycles. The Labute approximate surface area is 293 Å². The number of aromatic hydroxyl groups is 1. The number of nitrogens with zero attached hydrogens (tertiary/aromatic N) is 1. The third-order valence-corrected chi connectivity index (χ3v) is 9.65. The second kappa shape index (κ2) is 13.8. The van der Waals surface area contributed by atoms with E-state index >= 15 is 0 Å². The lowest BCUT2D eigenvalue weighted by Crippen LogP contribution is -2.64. The SMILES string of the molecule is CC/C=C1\C2=C(NC(=O)OC)C(=O)C[C@@]1(O)C#C/C=C\C#C[C@@H]2OC1OC(C)C(C)(C(=O)c2nccc3c2[nH]c2ccc(O)cc23)C(O)C1OC. The van der Waals surface area contributed by atoms with E-state index in [0.717, 1.165) is 7.11 Å². The number of fused-ring (bicyclic) bond motifs is 5. The van der Waals surface area contributed by atoms with Crippen molar-refractivity contribution in [1.29, 1.82) is 0 Å². The molecule has 264 valence electrons. The highest BCUT2D eigenvalue weighted by Crippen LogP contribution is 2.44. The Bertz CT molecular complexity index is 2160. The van der Waals surface area contributed by atoms with Crippen molar-refractivity contribution in [3.8, 4) is 29.4 Å². The number of benzene rings is 1. The summed E-state index contributed by atoms with van der Waals surface area (Å²) < 4.78 is 23.3. The zero-order valence-electron chi connectivity index (χ0n) is 28.6. The van der Waals surface area contributed by atoms with Crippen LogP contribution in [0, 0.1) is 29.1 Å². The van der Waals surface area contributed by atoms with Gasteiger partial charge >= 0.3 is 6.09 Å². The van der Waals surface area contributed by atoms with Gasteiger partial charge in [0.05, 0.1) is 36.3 Å². The minimum absolute atomic E-state index is 0.0313. The molecule has 0 saturated carbocycles. The number of allylic oxidation sites excluding steroid dienone is 4. The van der Waals surface area contributed by atoms with Crippen LogP contribution in [-0.4, -0.2) is 93.5 Å². The molecule has 6 rings (SSSR count). The first-order chi connectivity index (χ1) is 24.4. The fourth-order valence-electron chi connectivity index (χ4n) is 6.81. The monoisotopic (exact) mass is 695 g/mol. The van der Waals surface area contributed by atoms with Crippen molar-refractivity contribution in [2.75, 3.05) is 14.2 Å². The summed E-state index contributed by atoms with van der Waals surface area (Å²) in [6.07, 6.45) is -1.50. The summed E-state index contributed by atoms with van der Waals surface area (Å²) in [5.74, 6) is 10.1. The molecule has 5 N–H and O–H groups in total. The van der Waals surface area contributed by atoms with Crippen LogP contribution in [0.2, 0.25) is 0 Å². The molecule has 1 aromatic carbocycles. The molecule has 1 aliphatic heterocycles. The molecule has 0 radical (unpaired) electrons. The summed E-state index contributed by atoms with van der Waals surface area (Å²) in [5.41, 5.74) is -2.39. The standard InChI is InChI=1S/C38H37N3O10/c1-6-11-24-28-27(12-9-7-8-10-16-38(24,47)19-26(43)30(28)41-36(46)49-5)51-35-32(48-4)34(45)37(3,20(2)50-35)33(44)31-29-22(15-17-39-31)23-18-21(42)13-14-25(23)40-29/h7-8,11,13-15,17-18,20,27,32,34-35,40,42,45,47H,6,19H2,1-5H3,(H,41,46)/b8-7-,24-11+/t20?,27-,32?,34?,35?,37?,38-/m0/s1. The van der Waals surface area contributed by atoms with E-state index in [2.05, 4.69) is 39.0 Å². The van der Waals surface area contributed by atoms with Crippen LogP contribution >= 0.6 is 0 Å². The fraction of sp³-hybridized carbons (Fsp3) is 0.368. The highest BCUT2D eigenvalue weighted by atomic mass is 16.7. The van der Waals surface area contributed by atoms with Gasteiger partial charge in [-0.15, -0.1) is 0 Å². The molecule has 3 aliphatic rings. The molecule has 0 spiro atoms. The third-order valence-electron chi connectivity index (χ3n) is 9.65. The maximum atomic E-state index is 14.5. The number of rotatable bonds is 7. The second-order valence-electron chi connectivity index (χ2n) is 12.6. The van der Waals surface area contributed by atoms with Crippen molar-refractivity contribution in [2.24, 2.45) is 5.41 Å². The Morgan fingerprint density at radius 3 is 2.69 bits per heavy atom. The van der Waals surface area contributed by atoms with Gasteiger partial charge in [-0.1, -0.05) is 36.7 Å². The van der Waals surface area contributed by atoms with Crippen molar-refractivity contribution < 1.29 is 48.7 Å². The van der Waals surface area contributed by atoms with Gasteiger partial charge in [-0.25, -0.2) is 4.79 Å². The van der Waals surface area contributed by atoms with Crippen LogP contribution in [0.3, 0.4) is 0 Å². The van der Waals surface area contributed by atoms with Crippen molar-refractivity contribution in [3.63, 3.8) is 0 Å². The molecule has 13 heteroatoms. The van der Waals surface area contributed by atoms with E-state index < -0.39 is 65.8 Å². The number of amides is 1. The van der Waals surface area contributed by atoms with E-state index in [9.17, 15) is 29.7 Å². The van der Waals surface area contributed by atoms with Gasteiger partial charge in [0.25, 0.3) is 0 Å². The molecule has 13 nitrogen and oxygen atoms in total. The minimum atomic E-state index is -1.95. The van der Waals surface area contributed by atoms with Crippen LogP contribution in [0.1, 0.15) is 44.1 Å². The van der Waals surface area contributed by atoms with Crippen LogP contribution < -0.4 is 5.32 Å². The number of pyridine rings is 1. The number of hydrogen-bond acceptors (Lipinski definition) is 11. The van der Waals surface area contributed by atoms with Crippen molar-refractivity contribution in [3.05, 3.63) is 71.2 Å². The summed E-state index contributed by atoms with van der Waals surface area (Å²) in [4.78, 5) is 48.1. The summed E-state index contributed by atoms with van der Waals surface area (Å²) in [6, 6.07) is 6.53. The molecule has 2 aromatic heterocycles. The van der Waals surface area contributed by atoms with Gasteiger partial charge in [0, 0.05) is 40.7 Å². The number of ketones is 2. The van der Waals surface area contributed by atoms with Gasteiger partial charge in [-0.3, -0.25) is 19.9 Å². The molecule has 3 aromatic rings. The van der Waals surface area contributed by atoms with Gasteiger partial charge < -0.3 is 39.3 Å². The largest absolute Gasteiger partial charge is 0.508 e. The molecule has 2 bridgehead atoms. The van der Waals surface area contributed by atoms with Crippen LogP contribution in [0.15, 0.2) is 65.5 Å². The number of hydrogen-bond donors (Lipinski definition) is 5. The molecule has 7 atom stereocenters. The normalized spacial score (nSPS) is 30.3. The number of carbonyl (C=O) groups is 3. The summed E-state index contributed by atoms with van der Waals surface area (Å²) in [5, 5.41) is 37.6. The number of alkyl carbamates (subject to hydrolysis) is 1. The lowest BCUT2D eigenvalue weighted by atomic mass is 9.70. The zero-order chi connectivity index (χ0) is 36.7. The molecular weight excluding hydrogens is 658 g/mol. The molecule has 3 heterocycles. The van der Waals surface area contributed by atoms with Gasteiger partial charge in [-0.2, -0.15) is 0 Å². The average molecular weight is 696 g/mol. The summed E-state index contributed by atoms with van der Waals surface area (Å²) in [7, 11) is 2.47. The van der Waals surface area contributed by atoms with Crippen molar-refractivity contribution in [2.45, 2.75) is 69.9 Å². The Hall–Kier alpha value is -5.28. The summed E-state index contributed by atoms with van der Waals surface area (Å²) in [6.45, 7) is 4.99. The molecule has 51 heavy (non-hydrogen) atoms. The second-order valence-corrected chi connectivity index (χ2v) is 12.6. The van der Waals surface area contributed by atoms with E-state index in [-0.39, 0.29) is 28.3 Å². The number of aliphatic hydroxyl groups is 2. The number of phenolic OH excluding ortho intramolecular Hbond substituents is 1. The van der Waals surface area contributed by atoms with Crippen LogP contribution in [0.4, 0.5) is 4.79 Å². The van der Waals surface area contributed by atoms with Crippen LogP contribution in [-0.2, 0) is 23.7 Å². The maximum absolute atomic E-state index is 14.5. The zero-order valence-corrected chi connectivity index (χ0v) is 28.6. The van der Waals surface area contributed by atoms with E-state index in [4.69, 9.17) is 18.9 Å². The maximum Gasteiger partial charge on any atom is 0.411 e. The first-order valence-electron chi connectivity index (χ1n) is 16.3. The first kappa shape index (κ1) is 35.5. The molecule has 1 amide bonds. The van der Waals surface area contributed by atoms with Crippen LogP contribution in [0.25, 0.3) is 21.8 Å². The van der Waals surface area contributed by atoms with E-state index in [1.54, 1.807) is 38.1 Å². The van der Waals surface area contributed by atoms with E-state index in [0.29, 0.717) is 28.2 Å². The van der Waals surface area contributed by atoms with Crippen LogP contribution in [0.5, 0.6) is 5.75 Å². The molecule has 1 fully saturated rings. The van der Waals surface area contributed by atoms with Gasteiger partial charge in [0.1, 0.15) is 29.8 Å². The number of aromatic amines is 1. The van der Waals surface area contributed by atoms with E-state index in [1.807, 2.05) is 6.92 Å². The predicted molar refractivity (Wildman–Crippen MR) is 184 cm³/mol. The number of Topliss-reactive ketones (excluding diaryl/α,β-unsaturated/α-hetero) is 2. The van der Waals surface area contributed by atoms with Gasteiger partial charge in [0.2, 0.25) is 0 Å². The molecular formula is C38H37N3O10. The quantitative estimate of drug-likeness (QED) is 0.180. The fourth-order valence-corrected chi connectivity index (χ4v) is 6.81. The number of aliphatic hydroxyl groups excluding tert-OH is 1. The number of carbonyl (C=O) groups excluding carboxylic acids is 3. The number of nitrogens with one attached hydrogen (secondary N) is 2. The Kier molecular flexibility index (Phi) is 9.61. The van der Waals surface area contributed by atoms with Gasteiger partial charge in [-0.05, 0) is 56.7 Å². The number of methoxy groups -OCH3 is 2. The predicted octanol–water partition coefficient (Wildman–Crippen LogP) is 3.34. The first-order valence-corrected chi connectivity index (χ1v) is 16.3. The third kappa shape index (κ3) is 6.09. The number of phenols is 1. The van der Waals surface area contributed by atoms with Crippen molar-refractivity contribution in [1.82, 2.24) is 15.3 Å².